The lowest BCUT2D eigenvalue weighted by Gasteiger charge is -2.33. The first-order valence-electron chi connectivity index (χ1n) is 12.0. The van der Waals surface area contributed by atoms with Crippen LogP contribution < -0.4 is 5.32 Å². The summed E-state index contributed by atoms with van der Waals surface area (Å²) in [5, 5.41) is 18.3. The molecule has 0 spiro atoms. The van der Waals surface area contributed by atoms with E-state index >= 15 is 0 Å². The van der Waals surface area contributed by atoms with Crippen molar-refractivity contribution in [3.05, 3.63) is 72.3 Å². The van der Waals surface area contributed by atoms with E-state index < -0.39 is 5.60 Å². The van der Waals surface area contributed by atoms with Gasteiger partial charge >= 0.3 is 0 Å². The van der Waals surface area contributed by atoms with Crippen molar-refractivity contribution in [2.24, 2.45) is 0 Å². The molecule has 1 aromatic carbocycles. The van der Waals surface area contributed by atoms with E-state index in [1.165, 1.54) is 11.1 Å². The van der Waals surface area contributed by atoms with Gasteiger partial charge in [-0.25, -0.2) is 9.97 Å². The van der Waals surface area contributed by atoms with Crippen molar-refractivity contribution >= 4 is 11.6 Å². The predicted molar refractivity (Wildman–Crippen MR) is 137 cm³/mol. The van der Waals surface area contributed by atoms with Crippen LogP contribution in [-0.2, 0) is 19.5 Å². The van der Waals surface area contributed by atoms with Crippen LogP contribution in [0, 0.1) is 0 Å². The maximum Gasteiger partial charge on any atom is 0.227 e. The van der Waals surface area contributed by atoms with Gasteiger partial charge in [0.1, 0.15) is 5.69 Å². The van der Waals surface area contributed by atoms with E-state index in [9.17, 15) is 5.11 Å². The number of aryl methyl sites for hydroxylation is 1. The number of hydrogen-bond acceptors (Lipinski definition) is 7. The van der Waals surface area contributed by atoms with Crippen LogP contribution >= 0.6 is 0 Å². The molecule has 0 atom stereocenters. The van der Waals surface area contributed by atoms with E-state index in [2.05, 4.69) is 45.3 Å². The molecule has 0 fully saturated rings. The summed E-state index contributed by atoms with van der Waals surface area (Å²) in [7, 11) is 0. The zero-order valence-electron chi connectivity index (χ0n) is 20.4. The lowest BCUT2D eigenvalue weighted by atomic mass is 9.97. The SMILES string of the molecule is CCn1cc(-c2ccnc(Nc3ccc4c(c3)CN(CC(C)(C)O)CC4)n2)c(-c2cccnc2)n1. The molecule has 3 aromatic heterocycles. The Morgan fingerprint density at radius 2 is 2.00 bits per heavy atom. The second-order valence-corrected chi connectivity index (χ2v) is 9.64. The van der Waals surface area contributed by atoms with Crippen LogP contribution in [0.15, 0.2) is 61.2 Å². The third-order valence-electron chi connectivity index (χ3n) is 6.12. The van der Waals surface area contributed by atoms with Crippen LogP contribution in [0.4, 0.5) is 11.6 Å². The number of aliphatic hydroxyl groups is 1. The highest BCUT2D eigenvalue weighted by Gasteiger charge is 2.23. The molecule has 35 heavy (non-hydrogen) atoms. The number of β-amino-alcohol motifs (C(OH)–C–C–N with tert-alkyl or cyclic N) is 1. The van der Waals surface area contributed by atoms with Crippen molar-refractivity contribution in [3.8, 4) is 22.5 Å². The largest absolute Gasteiger partial charge is 0.389 e. The van der Waals surface area contributed by atoms with Crippen molar-refractivity contribution in [1.29, 1.82) is 0 Å². The first-order chi connectivity index (χ1) is 16.9. The van der Waals surface area contributed by atoms with Crippen LogP contribution in [0.5, 0.6) is 0 Å². The Kier molecular flexibility index (Phi) is 6.32. The summed E-state index contributed by atoms with van der Waals surface area (Å²) in [6.45, 7) is 8.97. The number of nitrogens with one attached hydrogen (secondary N) is 1. The molecule has 4 heterocycles. The number of anilines is 2. The summed E-state index contributed by atoms with van der Waals surface area (Å²) in [4.78, 5) is 15.8. The Balaban J connectivity index is 1.40. The second-order valence-electron chi connectivity index (χ2n) is 9.64. The minimum Gasteiger partial charge on any atom is -0.389 e. The topological polar surface area (TPSA) is 92.0 Å². The third-order valence-corrected chi connectivity index (χ3v) is 6.12. The maximum atomic E-state index is 10.2. The van der Waals surface area contributed by atoms with E-state index in [1.807, 2.05) is 49.1 Å². The normalized spacial score (nSPS) is 14.1. The van der Waals surface area contributed by atoms with E-state index in [0.717, 1.165) is 54.3 Å². The van der Waals surface area contributed by atoms with Crippen LogP contribution in [0.2, 0.25) is 0 Å². The van der Waals surface area contributed by atoms with Gasteiger partial charge in [-0.1, -0.05) is 6.07 Å². The molecule has 0 saturated carbocycles. The summed E-state index contributed by atoms with van der Waals surface area (Å²) in [6.07, 6.45) is 8.35. The van der Waals surface area contributed by atoms with Gasteiger partial charge < -0.3 is 10.4 Å². The van der Waals surface area contributed by atoms with Gasteiger partial charge in [-0.3, -0.25) is 14.6 Å². The molecule has 2 N–H and O–H groups in total. The molecular formula is C27H31N7O. The molecule has 0 aliphatic carbocycles. The Hall–Kier alpha value is -3.62. The average molecular weight is 470 g/mol. The van der Waals surface area contributed by atoms with Gasteiger partial charge in [0.05, 0.1) is 11.3 Å². The van der Waals surface area contributed by atoms with Gasteiger partial charge in [-0.2, -0.15) is 5.10 Å². The number of aromatic nitrogens is 5. The minimum atomic E-state index is -0.706. The molecule has 5 rings (SSSR count). The van der Waals surface area contributed by atoms with Crippen LogP contribution in [-0.4, -0.2) is 53.4 Å². The molecule has 0 radical (unpaired) electrons. The van der Waals surface area contributed by atoms with E-state index in [0.29, 0.717) is 12.5 Å². The molecule has 8 nitrogen and oxygen atoms in total. The van der Waals surface area contributed by atoms with Crippen LogP contribution in [0.3, 0.4) is 0 Å². The monoisotopic (exact) mass is 469 g/mol. The van der Waals surface area contributed by atoms with Crippen molar-refractivity contribution in [3.63, 3.8) is 0 Å². The molecule has 1 aliphatic heterocycles. The molecule has 1 aliphatic rings. The summed E-state index contributed by atoms with van der Waals surface area (Å²) in [5.41, 5.74) is 6.41. The standard InChI is InChI=1S/C27H31N7O/c1-4-34-17-23(25(32-34)20-6-5-11-28-15-20)24-9-12-29-26(31-24)30-22-8-7-19-10-13-33(16-21(19)14-22)18-27(2,3)35/h5-9,11-12,14-15,17,35H,4,10,13,16,18H2,1-3H3,(H,29,30,31). The number of nitrogens with zero attached hydrogens (tertiary/aromatic N) is 6. The predicted octanol–water partition coefficient (Wildman–Crippen LogP) is 4.29. The van der Waals surface area contributed by atoms with Crippen molar-refractivity contribution < 1.29 is 5.11 Å². The second kappa shape index (κ2) is 9.56. The number of rotatable bonds is 7. The fourth-order valence-corrected chi connectivity index (χ4v) is 4.56. The summed E-state index contributed by atoms with van der Waals surface area (Å²) < 4.78 is 1.91. The zero-order chi connectivity index (χ0) is 24.4. The number of benzene rings is 1. The highest BCUT2D eigenvalue weighted by atomic mass is 16.3. The number of pyridine rings is 1. The molecular weight excluding hydrogens is 438 g/mol. The number of hydrogen-bond donors (Lipinski definition) is 2. The van der Waals surface area contributed by atoms with E-state index in [-0.39, 0.29) is 0 Å². The van der Waals surface area contributed by atoms with Gasteiger partial charge in [0.25, 0.3) is 0 Å². The Bertz CT molecular complexity index is 1310. The van der Waals surface area contributed by atoms with Crippen LogP contribution in [0.1, 0.15) is 31.9 Å². The summed E-state index contributed by atoms with van der Waals surface area (Å²) in [5.74, 6) is 0.535. The fraction of sp³-hybridized carbons (Fsp3) is 0.333. The van der Waals surface area contributed by atoms with Crippen molar-refractivity contribution in [1.82, 2.24) is 29.6 Å². The zero-order valence-corrected chi connectivity index (χ0v) is 20.4. The smallest absolute Gasteiger partial charge is 0.227 e. The van der Waals surface area contributed by atoms with Crippen molar-refractivity contribution in [2.45, 2.75) is 45.9 Å². The van der Waals surface area contributed by atoms with Gasteiger partial charge in [-0.05, 0) is 68.7 Å². The van der Waals surface area contributed by atoms with Crippen molar-refractivity contribution in [2.75, 3.05) is 18.4 Å². The first-order valence-corrected chi connectivity index (χ1v) is 12.0. The molecule has 8 heteroatoms. The minimum absolute atomic E-state index is 0.535. The van der Waals surface area contributed by atoms with Crippen LogP contribution in [0.25, 0.3) is 22.5 Å². The Morgan fingerprint density at radius 1 is 1.11 bits per heavy atom. The summed E-state index contributed by atoms with van der Waals surface area (Å²) >= 11 is 0. The lowest BCUT2D eigenvalue weighted by Crippen LogP contribution is -2.41. The van der Waals surface area contributed by atoms with Gasteiger partial charge in [0.2, 0.25) is 5.95 Å². The Labute approximate surface area is 205 Å². The highest BCUT2D eigenvalue weighted by molar-refractivity contribution is 5.78. The number of fused-ring (bicyclic) bond motifs is 1. The molecule has 4 aromatic rings. The van der Waals surface area contributed by atoms with Gasteiger partial charge in [0.15, 0.2) is 0 Å². The highest BCUT2D eigenvalue weighted by Crippen LogP contribution is 2.30. The molecule has 0 saturated heterocycles. The third kappa shape index (κ3) is 5.39. The molecule has 180 valence electrons. The first kappa shape index (κ1) is 23.1. The molecule has 0 unspecified atom stereocenters. The quantitative estimate of drug-likeness (QED) is 0.417. The van der Waals surface area contributed by atoms with Gasteiger partial charge in [-0.15, -0.1) is 0 Å². The summed E-state index contributed by atoms with van der Waals surface area (Å²) in [6, 6.07) is 12.2. The fourth-order valence-electron chi connectivity index (χ4n) is 4.56. The molecule has 0 bridgehead atoms. The average Bonchev–Trinajstić information content (AvgIpc) is 3.28. The van der Waals surface area contributed by atoms with E-state index in [4.69, 9.17) is 10.1 Å². The maximum absolute atomic E-state index is 10.2. The lowest BCUT2D eigenvalue weighted by molar-refractivity contribution is 0.0318. The molecule has 0 amide bonds. The van der Waals surface area contributed by atoms with E-state index in [1.54, 1.807) is 12.4 Å². The van der Waals surface area contributed by atoms with Gasteiger partial charge in [0, 0.05) is 67.8 Å². The Morgan fingerprint density at radius 3 is 2.77 bits per heavy atom.